The number of halogens is 1. The second-order valence-corrected chi connectivity index (χ2v) is 3.61. The van der Waals surface area contributed by atoms with Crippen molar-refractivity contribution in [2.24, 2.45) is 0 Å². The van der Waals surface area contributed by atoms with E-state index >= 15 is 0 Å². The van der Waals surface area contributed by atoms with Crippen LogP contribution in [0.15, 0.2) is 30.7 Å². The second kappa shape index (κ2) is 3.89. The SMILES string of the molecule is CC(=O)c1c(F)cccc1-n1cnc(C)c1. The van der Waals surface area contributed by atoms with E-state index in [0.717, 1.165) is 5.69 Å². The molecular formula is C12H11FN2O. The van der Waals surface area contributed by atoms with Crippen LogP contribution in [0.1, 0.15) is 23.0 Å². The fourth-order valence-electron chi connectivity index (χ4n) is 1.63. The Hall–Kier alpha value is -1.97. The molecule has 1 aromatic heterocycles. The Morgan fingerprint density at radius 2 is 2.19 bits per heavy atom. The minimum atomic E-state index is -0.503. The van der Waals surface area contributed by atoms with E-state index < -0.39 is 5.82 Å². The fraction of sp³-hybridized carbons (Fsp3) is 0.167. The second-order valence-electron chi connectivity index (χ2n) is 3.61. The molecule has 1 aromatic carbocycles. The van der Waals surface area contributed by atoms with E-state index in [0.29, 0.717) is 5.69 Å². The molecule has 0 amide bonds. The molecule has 0 saturated carbocycles. The summed E-state index contributed by atoms with van der Waals surface area (Å²) in [5.41, 5.74) is 1.44. The molecule has 82 valence electrons. The van der Waals surface area contributed by atoms with Crippen LogP contribution in [0.5, 0.6) is 0 Å². The molecule has 0 aliphatic heterocycles. The van der Waals surface area contributed by atoms with Crippen LogP contribution in [0.4, 0.5) is 4.39 Å². The number of Topliss-reactive ketones (excluding diaryl/α,β-unsaturated/α-hetero) is 1. The van der Waals surface area contributed by atoms with Crippen molar-refractivity contribution in [1.82, 2.24) is 9.55 Å². The van der Waals surface area contributed by atoms with Gasteiger partial charge in [0.1, 0.15) is 5.82 Å². The Morgan fingerprint density at radius 1 is 1.44 bits per heavy atom. The molecular weight excluding hydrogens is 207 g/mol. The molecule has 2 rings (SSSR count). The van der Waals surface area contributed by atoms with Gasteiger partial charge in [-0.3, -0.25) is 4.79 Å². The van der Waals surface area contributed by atoms with Crippen LogP contribution in [0.2, 0.25) is 0 Å². The first-order chi connectivity index (χ1) is 7.59. The van der Waals surface area contributed by atoms with Gasteiger partial charge in [-0.15, -0.1) is 0 Å². The summed E-state index contributed by atoms with van der Waals surface area (Å²) in [6, 6.07) is 4.55. The van der Waals surface area contributed by atoms with Gasteiger partial charge in [0.05, 0.1) is 23.3 Å². The normalized spacial score (nSPS) is 10.4. The first kappa shape index (κ1) is 10.5. The number of benzene rings is 1. The lowest BCUT2D eigenvalue weighted by molar-refractivity contribution is 0.101. The number of imidazole rings is 1. The van der Waals surface area contributed by atoms with Crippen molar-refractivity contribution in [2.45, 2.75) is 13.8 Å². The third kappa shape index (κ3) is 1.74. The van der Waals surface area contributed by atoms with Crippen molar-refractivity contribution in [3.63, 3.8) is 0 Å². The van der Waals surface area contributed by atoms with Crippen LogP contribution in [-0.4, -0.2) is 15.3 Å². The fourth-order valence-corrected chi connectivity index (χ4v) is 1.63. The highest BCUT2D eigenvalue weighted by atomic mass is 19.1. The molecule has 0 bridgehead atoms. The monoisotopic (exact) mass is 218 g/mol. The number of carbonyl (C=O) groups excluding carboxylic acids is 1. The number of rotatable bonds is 2. The van der Waals surface area contributed by atoms with Crippen LogP contribution in [-0.2, 0) is 0 Å². The molecule has 0 N–H and O–H groups in total. The zero-order chi connectivity index (χ0) is 11.7. The lowest BCUT2D eigenvalue weighted by Gasteiger charge is -2.08. The molecule has 0 aliphatic carbocycles. The standard InChI is InChI=1S/C12H11FN2O/c1-8-6-15(7-14-8)11-5-3-4-10(13)12(11)9(2)16/h3-7H,1-2H3. The van der Waals surface area contributed by atoms with E-state index in [-0.39, 0.29) is 11.3 Å². The number of hydrogen-bond acceptors (Lipinski definition) is 2. The van der Waals surface area contributed by atoms with E-state index in [1.54, 1.807) is 29.2 Å². The van der Waals surface area contributed by atoms with Crippen LogP contribution in [0.3, 0.4) is 0 Å². The number of aromatic nitrogens is 2. The largest absolute Gasteiger partial charge is 0.305 e. The maximum Gasteiger partial charge on any atom is 0.164 e. The average molecular weight is 218 g/mol. The number of ketones is 1. The third-order valence-corrected chi connectivity index (χ3v) is 2.33. The number of aryl methyl sites for hydroxylation is 1. The summed E-state index contributed by atoms with van der Waals surface area (Å²) in [7, 11) is 0. The Kier molecular flexibility index (Phi) is 2.56. The quantitative estimate of drug-likeness (QED) is 0.726. The summed E-state index contributed by atoms with van der Waals surface area (Å²) >= 11 is 0. The van der Waals surface area contributed by atoms with E-state index in [2.05, 4.69) is 4.98 Å². The van der Waals surface area contributed by atoms with Crippen LogP contribution < -0.4 is 0 Å². The van der Waals surface area contributed by atoms with Gasteiger partial charge in [0.15, 0.2) is 5.78 Å². The van der Waals surface area contributed by atoms with E-state index in [1.165, 1.54) is 13.0 Å². The summed E-state index contributed by atoms with van der Waals surface area (Å²) < 4.78 is 15.2. The van der Waals surface area contributed by atoms with Crippen molar-refractivity contribution < 1.29 is 9.18 Å². The van der Waals surface area contributed by atoms with Crippen LogP contribution in [0, 0.1) is 12.7 Å². The molecule has 0 aliphatic rings. The Morgan fingerprint density at radius 3 is 2.75 bits per heavy atom. The minimum Gasteiger partial charge on any atom is -0.305 e. The number of hydrogen-bond donors (Lipinski definition) is 0. The molecule has 0 radical (unpaired) electrons. The topological polar surface area (TPSA) is 34.9 Å². The highest BCUT2D eigenvalue weighted by molar-refractivity contribution is 5.97. The van der Waals surface area contributed by atoms with Crippen LogP contribution in [0.25, 0.3) is 5.69 Å². The van der Waals surface area contributed by atoms with Crippen molar-refractivity contribution >= 4 is 5.78 Å². The summed E-state index contributed by atoms with van der Waals surface area (Å²) in [5, 5.41) is 0. The summed E-state index contributed by atoms with van der Waals surface area (Å²) in [5.74, 6) is -0.796. The molecule has 0 spiro atoms. The number of nitrogens with zero attached hydrogens (tertiary/aromatic N) is 2. The summed E-state index contributed by atoms with van der Waals surface area (Å²) in [4.78, 5) is 15.4. The third-order valence-electron chi connectivity index (χ3n) is 2.33. The summed E-state index contributed by atoms with van der Waals surface area (Å²) in [6.45, 7) is 3.19. The van der Waals surface area contributed by atoms with Crippen molar-refractivity contribution in [3.8, 4) is 5.69 Å². The number of carbonyl (C=O) groups is 1. The van der Waals surface area contributed by atoms with Gasteiger partial charge in [0, 0.05) is 6.20 Å². The van der Waals surface area contributed by atoms with Gasteiger partial charge in [-0.05, 0) is 26.0 Å². The highest BCUT2D eigenvalue weighted by Crippen LogP contribution is 2.18. The van der Waals surface area contributed by atoms with Crippen molar-refractivity contribution in [2.75, 3.05) is 0 Å². The van der Waals surface area contributed by atoms with Gasteiger partial charge in [-0.2, -0.15) is 0 Å². The van der Waals surface area contributed by atoms with Gasteiger partial charge >= 0.3 is 0 Å². The predicted octanol–water partition coefficient (Wildman–Crippen LogP) is 2.52. The first-order valence-corrected chi connectivity index (χ1v) is 4.90. The average Bonchev–Trinajstić information content (AvgIpc) is 2.63. The molecule has 0 fully saturated rings. The van der Waals surface area contributed by atoms with Gasteiger partial charge in [-0.1, -0.05) is 6.07 Å². The minimum absolute atomic E-state index is 0.0971. The van der Waals surface area contributed by atoms with E-state index in [4.69, 9.17) is 0 Å². The zero-order valence-corrected chi connectivity index (χ0v) is 9.07. The maximum atomic E-state index is 13.5. The summed E-state index contributed by atoms with van der Waals surface area (Å²) in [6.07, 6.45) is 3.32. The zero-order valence-electron chi connectivity index (χ0n) is 9.07. The maximum absolute atomic E-state index is 13.5. The van der Waals surface area contributed by atoms with Gasteiger partial charge < -0.3 is 4.57 Å². The molecule has 4 heteroatoms. The van der Waals surface area contributed by atoms with Crippen molar-refractivity contribution in [3.05, 3.63) is 47.8 Å². The van der Waals surface area contributed by atoms with Crippen molar-refractivity contribution in [1.29, 1.82) is 0 Å². The Balaban J connectivity index is 2.65. The van der Waals surface area contributed by atoms with Crippen LogP contribution >= 0.6 is 0 Å². The van der Waals surface area contributed by atoms with E-state index in [1.807, 2.05) is 6.92 Å². The van der Waals surface area contributed by atoms with E-state index in [9.17, 15) is 9.18 Å². The molecule has 16 heavy (non-hydrogen) atoms. The molecule has 1 heterocycles. The molecule has 0 unspecified atom stereocenters. The predicted molar refractivity (Wildman–Crippen MR) is 58.3 cm³/mol. The molecule has 0 atom stereocenters. The molecule has 2 aromatic rings. The van der Waals surface area contributed by atoms with Gasteiger partial charge in [0.25, 0.3) is 0 Å². The lowest BCUT2D eigenvalue weighted by atomic mass is 10.1. The smallest absolute Gasteiger partial charge is 0.164 e. The van der Waals surface area contributed by atoms with Gasteiger partial charge in [-0.25, -0.2) is 9.37 Å². The van der Waals surface area contributed by atoms with Gasteiger partial charge in [0.2, 0.25) is 0 Å². The Bertz CT molecular complexity index is 546. The molecule has 3 nitrogen and oxygen atoms in total. The first-order valence-electron chi connectivity index (χ1n) is 4.90. The highest BCUT2D eigenvalue weighted by Gasteiger charge is 2.14. The lowest BCUT2D eigenvalue weighted by Crippen LogP contribution is -2.04. The molecule has 0 saturated heterocycles. The Labute approximate surface area is 92.5 Å².